The van der Waals surface area contributed by atoms with Crippen molar-refractivity contribution in [3.05, 3.63) is 34.9 Å². The zero-order valence-corrected chi connectivity index (χ0v) is 13.7. The second-order valence-corrected chi connectivity index (χ2v) is 7.08. The average Bonchev–Trinajstić information content (AvgIpc) is 2.10. The molecule has 0 heterocycles. The van der Waals surface area contributed by atoms with Gasteiger partial charge >= 0.3 is 0 Å². The van der Waals surface area contributed by atoms with Gasteiger partial charge in [0, 0.05) is 18.7 Å². The molecule has 0 aliphatic carbocycles. The van der Waals surface area contributed by atoms with Crippen molar-refractivity contribution in [2.24, 2.45) is 0 Å². The van der Waals surface area contributed by atoms with Crippen LogP contribution in [0.2, 0.25) is 0 Å². The van der Waals surface area contributed by atoms with E-state index in [9.17, 15) is 0 Å². The lowest BCUT2D eigenvalue weighted by Gasteiger charge is -2.25. The van der Waals surface area contributed by atoms with E-state index >= 15 is 0 Å². The molecule has 1 aromatic rings. The third-order valence-electron chi connectivity index (χ3n) is 2.77. The van der Waals surface area contributed by atoms with Gasteiger partial charge in [-0.05, 0) is 51.5 Å². The average molecular weight is 264 g/mol. The number of benzene rings is 1. The molecule has 0 spiro atoms. The van der Waals surface area contributed by atoms with Gasteiger partial charge in [0.15, 0.2) is 0 Å². The minimum Gasteiger partial charge on any atom is -0.327 e. The maximum atomic E-state index is 2.35. The van der Waals surface area contributed by atoms with Crippen LogP contribution in [-0.2, 0) is 19.6 Å². The van der Waals surface area contributed by atoms with Crippen molar-refractivity contribution in [3.63, 3.8) is 0 Å². The van der Waals surface area contributed by atoms with Gasteiger partial charge in [0.2, 0.25) is 0 Å². The lowest BCUT2D eigenvalue weighted by atomic mass is 10.0. The Morgan fingerprint density at radius 1 is 0.737 bits per heavy atom. The van der Waals surface area contributed by atoms with E-state index < -0.39 is 0 Å². The first-order valence-electron chi connectivity index (χ1n) is 6.87. The minimum absolute atomic E-state index is 0.965. The third-order valence-corrected chi connectivity index (χ3v) is 2.77. The fourth-order valence-corrected chi connectivity index (χ4v) is 2.39. The van der Waals surface area contributed by atoms with E-state index in [0.29, 0.717) is 0 Å². The Hall–Kier alpha value is -0.900. The second-order valence-electron chi connectivity index (χ2n) is 7.08. The molecule has 0 N–H and O–H groups in total. The molecule has 0 aliphatic heterocycles. The van der Waals surface area contributed by atoms with Crippen LogP contribution < -0.4 is 0 Å². The minimum atomic E-state index is 0.965. The van der Waals surface area contributed by atoms with E-state index in [1.807, 2.05) is 0 Å². The number of quaternary nitrogens is 1. The van der Waals surface area contributed by atoms with Crippen LogP contribution >= 0.6 is 0 Å². The highest BCUT2D eigenvalue weighted by Gasteiger charge is 2.11. The predicted molar refractivity (Wildman–Crippen MR) is 83.0 cm³/mol. The van der Waals surface area contributed by atoms with Gasteiger partial charge in [0.1, 0.15) is 6.54 Å². The Morgan fingerprint density at radius 3 is 1.42 bits per heavy atom. The zero-order chi connectivity index (χ0) is 14.6. The highest BCUT2D eigenvalue weighted by atomic mass is 15.3. The van der Waals surface area contributed by atoms with Crippen molar-refractivity contribution >= 4 is 0 Å². The number of hydrogen-bond acceptors (Lipinski definition) is 2. The maximum Gasteiger partial charge on any atom is 0.104 e. The summed E-state index contributed by atoms with van der Waals surface area (Å²) in [7, 11) is 15.2. The van der Waals surface area contributed by atoms with E-state index in [0.717, 1.165) is 24.1 Å². The Morgan fingerprint density at radius 2 is 1.11 bits per heavy atom. The summed E-state index contributed by atoms with van der Waals surface area (Å²) in [4.78, 5) is 4.45. The molecule has 1 rings (SSSR count). The summed E-state index contributed by atoms with van der Waals surface area (Å²) in [5.74, 6) is 0. The molecule has 0 fully saturated rings. The molecule has 0 saturated carbocycles. The van der Waals surface area contributed by atoms with Gasteiger partial charge in [-0.15, -0.1) is 0 Å². The summed E-state index contributed by atoms with van der Waals surface area (Å²) in [6.07, 6.45) is 0. The summed E-state index contributed by atoms with van der Waals surface area (Å²) in [5.41, 5.74) is 4.25. The Labute approximate surface area is 119 Å². The standard InChI is InChI=1S/C16H30N3/c1-17(2)11-14-8-15(12-18(3)4)10-16(9-14)13-19(5,6)7/h8-10H,11-13H2,1-7H3/q+1. The first-order chi connectivity index (χ1) is 8.65. The molecule has 0 atom stereocenters. The summed E-state index contributed by atoms with van der Waals surface area (Å²) in [6.45, 7) is 3.08. The van der Waals surface area contributed by atoms with Gasteiger partial charge in [-0.1, -0.05) is 6.07 Å². The maximum absolute atomic E-state index is 2.35. The number of rotatable bonds is 6. The van der Waals surface area contributed by atoms with Gasteiger partial charge < -0.3 is 14.3 Å². The summed E-state index contributed by atoms with van der Waals surface area (Å²) < 4.78 is 0.965. The zero-order valence-electron chi connectivity index (χ0n) is 13.7. The molecule has 0 radical (unpaired) electrons. The quantitative estimate of drug-likeness (QED) is 0.725. The fourth-order valence-electron chi connectivity index (χ4n) is 2.39. The van der Waals surface area contributed by atoms with Crippen LogP contribution in [0.3, 0.4) is 0 Å². The van der Waals surface area contributed by atoms with Crippen LogP contribution in [0.4, 0.5) is 0 Å². The van der Waals surface area contributed by atoms with Crippen molar-refractivity contribution in [2.75, 3.05) is 49.3 Å². The smallest absolute Gasteiger partial charge is 0.104 e. The van der Waals surface area contributed by atoms with E-state index in [1.165, 1.54) is 16.7 Å². The van der Waals surface area contributed by atoms with Crippen molar-refractivity contribution < 1.29 is 4.48 Å². The van der Waals surface area contributed by atoms with E-state index in [2.05, 4.69) is 77.3 Å². The Bertz CT molecular complexity index is 375. The summed E-state index contributed by atoms with van der Waals surface area (Å²) >= 11 is 0. The second kappa shape index (κ2) is 6.51. The molecule has 0 bridgehead atoms. The fraction of sp³-hybridized carbons (Fsp3) is 0.625. The summed E-state index contributed by atoms with van der Waals surface area (Å²) in [5, 5.41) is 0. The van der Waals surface area contributed by atoms with Crippen LogP contribution in [0, 0.1) is 0 Å². The third kappa shape index (κ3) is 6.71. The molecule has 3 nitrogen and oxygen atoms in total. The predicted octanol–water partition coefficient (Wildman–Crippen LogP) is 2.02. The van der Waals surface area contributed by atoms with Crippen molar-refractivity contribution in [3.8, 4) is 0 Å². The van der Waals surface area contributed by atoms with Crippen molar-refractivity contribution in [2.45, 2.75) is 19.6 Å². The molecule has 0 amide bonds. The lowest BCUT2D eigenvalue weighted by molar-refractivity contribution is -0.884. The van der Waals surface area contributed by atoms with Gasteiger partial charge in [-0.3, -0.25) is 0 Å². The van der Waals surface area contributed by atoms with Gasteiger partial charge in [-0.2, -0.15) is 0 Å². The Kier molecular flexibility index (Phi) is 5.53. The molecular formula is C16H30N3+. The topological polar surface area (TPSA) is 6.48 Å². The van der Waals surface area contributed by atoms with Crippen LogP contribution in [0.5, 0.6) is 0 Å². The van der Waals surface area contributed by atoms with Crippen LogP contribution in [-0.4, -0.2) is 63.6 Å². The molecule has 19 heavy (non-hydrogen) atoms. The highest BCUT2D eigenvalue weighted by Crippen LogP contribution is 2.16. The van der Waals surface area contributed by atoms with Gasteiger partial charge in [0.25, 0.3) is 0 Å². The van der Waals surface area contributed by atoms with E-state index in [4.69, 9.17) is 0 Å². The molecule has 0 saturated heterocycles. The molecule has 0 unspecified atom stereocenters. The van der Waals surface area contributed by atoms with Crippen molar-refractivity contribution in [1.82, 2.24) is 9.80 Å². The number of nitrogens with zero attached hydrogens (tertiary/aromatic N) is 3. The van der Waals surface area contributed by atoms with Crippen LogP contribution in [0.15, 0.2) is 18.2 Å². The molecule has 3 heteroatoms. The summed E-state index contributed by atoms with van der Waals surface area (Å²) in [6, 6.07) is 7.03. The normalized spacial score (nSPS) is 12.5. The molecule has 0 aliphatic rings. The van der Waals surface area contributed by atoms with E-state index in [-0.39, 0.29) is 0 Å². The van der Waals surface area contributed by atoms with Gasteiger partial charge in [-0.25, -0.2) is 0 Å². The molecule has 108 valence electrons. The Balaban J connectivity index is 3.01. The molecule has 1 aromatic carbocycles. The number of hydrogen-bond donors (Lipinski definition) is 0. The van der Waals surface area contributed by atoms with Crippen LogP contribution in [0.25, 0.3) is 0 Å². The van der Waals surface area contributed by atoms with Crippen molar-refractivity contribution in [1.29, 1.82) is 0 Å². The first kappa shape index (κ1) is 16.2. The molecule has 0 aromatic heterocycles. The SMILES string of the molecule is CN(C)Cc1cc(CN(C)C)cc(C[N+](C)(C)C)c1. The van der Waals surface area contributed by atoms with Crippen LogP contribution in [0.1, 0.15) is 16.7 Å². The largest absolute Gasteiger partial charge is 0.327 e. The van der Waals surface area contributed by atoms with Gasteiger partial charge in [0.05, 0.1) is 21.1 Å². The van der Waals surface area contributed by atoms with E-state index in [1.54, 1.807) is 0 Å². The molecular weight excluding hydrogens is 234 g/mol. The monoisotopic (exact) mass is 264 g/mol. The highest BCUT2D eigenvalue weighted by molar-refractivity contribution is 5.30. The lowest BCUT2D eigenvalue weighted by Crippen LogP contribution is -2.33. The first-order valence-corrected chi connectivity index (χ1v) is 6.87.